The van der Waals surface area contributed by atoms with E-state index in [-0.39, 0.29) is 0 Å². The molecular formula is C18H30N2O. The van der Waals surface area contributed by atoms with E-state index in [0.29, 0.717) is 23.3 Å². The summed E-state index contributed by atoms with van der Waals surface area (Å²) in [6.45, 7) is 3.29. The number of likely N-dealkylation sites (tertiary alicyclic amines) is 1. The minimum Gasteiger partial charge on any atom is -0.339 e. The SMILES string of the molecule is O=C(C1CC12CCNCC2)N1CCCC1C1CCCCC1. The van der Waals surface area contributed by atoms with Crippen molar-refractivity contribution < 1.29 is 4.79 Å². The van der Waals surface area contributed by atoms with Crippen molar-refractivity contribution in [1.82, 2.24) is 10.2 Å². The van der Waals surface area contributed by atoms with Gasteiger partial charge in [-0.1, -0.05) is 19.3 Å². The molecule has 21 heavy (non-hydrogen) atoms. The molecule has 2 saturated heterocycles. The van der Waals surface area contributed by atoms with Gasteiger partial charge in [-0.05, 0) is 69.4 Å². The summed E-state index contributed by atoms with van der Waals surface area (Å²) in [6.07, 6.45) is 13.1. The Morgan fingerprint density at radius 2 is 1.76 bits per heavy atom. The van der Waals surface area contributed by atoms with Crippen molar-refractivity contribution in [2.45, 2.75) is 70.3 Å². The van der Waals surface area contributed by atoms with Gasteiger partial charge in [-0.25, -0.2) is 0 Å². The lowest BCUT2D eigenvalue weighted by molar-refractivity contribution is -0.135. The van der Waals surface area contributed by atoms with E-state index in [1.165, 1.54) is 64.2 Å². The number of hydrogen-bond acceptors (Lipinski definition) is 2. The summed E-state index contributed by atoms with van der Waals surface area (Å²) in [7, 11) is 0. The third-order valence-electron chi connectivity index (χ3n) is 6.86. The first kappa shape index (κ1) is 14.0. The number of carbonyl (C=O) groups excluding carboxylic acids is 1. The van der Waals surface area contributed by atoms with E-state index in [1.54, 1.807) is 0 Å². The van der Waals surface area contributed by atoms with Gasteiger partial charge in [-0.2, -0.15) is 0 Å². The number of hydrogen-bond donors (Lipinski definition) is 1. The van der Waals surface area contributed by atoms with E-state index in [4.69, 9.17) is 0 Å². The maximum atomic E-state index is 13.0. The van der Waals surface area contributed by atoms with Crippen molar-refractivity contribution in [3.63, 3.8) is 0 Å². The molecule has 0 aromatic heterocycles. The monoisotopic (exact) mass is 290 g/mol. The highest BCUT2D eigenvalue weighted by molar-refractivity contribution is 5.83. The van der Waals surface area contributed by atoms with E-state index in [0.717, 1.165) is 25.6 Å². The van der Waals surface area contributed by atoms with Crippen molar-refractivity contribution >= 4 is 5.91 Å². The normalized spacial score (nSPS) is 36.1. The van der Waals surface area contributed by atoms with Gasteiger partial charge in [0.25, 0.3) is 0 Å². The number of amides is 1. The highest BCUT2D eigenvalue weighted by Crippen LogP contribution is 2.59. The maximum absolute atomic E-state index is 13.0. The van der Waals surface area contributed by atoms with Crippen LogP contribution in [-0.4, -0.2) is 36.5 Å². The zero-order valence-corrected chi connectivity index (χ0v) is 13.3. The molecule has 4 rings (SSSR count). The molecule has 1 amide bonds. The molecule has 0 aromatic carbocycles. The minimum absolute atomic E-state index is 0.379. The first-order valence-electron chi connectivity index (χ1n) is 9.31. The number of nitrogens with zero attached hydrogens (tertiary/aromatic N) is 1. The molecule has 3 heteroatoms. The number of carbonyl (C=O) groups is 1. The Labute approximate surface area is 128 Å². The fourth-order valence-corrected chi connectivity index (χ4v) is 5.45. The zero-order chi connectivity index (χ0) is 14.3. The van der Waals surface area contributed by atoms with Crippen LogP contribution >= 0.6 is 0 Å². The topological polar surface area (TPSA) is 32.3 Å². The first-order valence-corrected chi connectivity index (χ1v) is 9.31. The third-order valence-corrected chi connectivity index (χ3v) is 6.86. The molecule has 3 nitrogen and oxygen atoms in total. The lowest BCUT2D eigenvalue weighted by Crippen LogP contribution is -2.43. The molecule has 4 fully saturated rings. The van der Waals surface area contributed by atoms with Crippen LogP contribution in [0.15, 0.2) is 0 Å². The van der Waals surface area contributed by atoms with Crippen molar-refractivity contribution in [2.24, 2.45) is 17.3 Å². The lowest BCUT2D eigenvalue weighted by Gasteiger charge is -2.35. The summed E-state index contributed by atoms with van der Waals surface area (Å²) < 4.78 is 0. The van der Waals surface area contributed by atoms with Crippen LogP contribution in [0.1, 0.15) is 64.2 Å². The second kappa shape index (κ2) is 5.57. The molecule has 0 radical (unpaired) electrons. The van der Waals surface area contributed by atoms with Gasteiger partial charge in [-0.15, -0.1) is 0 Å². The van der Waals surface area contributed by atoms with Crippen molar-refractivity contribution in [2.75, 3.05) is 19.6 Å². The van der Waals surface area contributed by atoms with Crippen LogP contribution in [0.2, 0.25) is 0 Å². The summed E-state index contributed by atoms with van der Waals surface area (Å²) in [5.74, 6) is 1.72. The summed E-state index contributed by atoms with van der Waals surface area (Å²) in [6, 6.07) is 0.595. The van der Waals surface area contributed by atoms with Crippen molar-refractivity contribution in [3.8, 4) is 0 Å². The predicted molar refractivity (Wildman–Crippen MR) is 84.0 cm³/mol. The lowest BCUT2D eigenvalue weighted by atomic mass is 9.82. The third kappa shape index (κ3) is 2.52. The van der Waals surface area contributed by atoms with Gasteiger partial charge in [0, 0.05) is 18.5 Å². The van der Waals surface area contributed by atoms with E-state index < -0.39 is 0 Å². The van der Waals surface area contributed by atoms with E-state index in [9.17, 15) is 4.79 Å². The standard InChI is InChI=1S/C18H30N2O/c21-17(15-13-18(15)8-10-19-11-9-18)20-12-4-7-16(20)14-5-2-1-3-6-14/h14-16,19H,1-13H2. The Bertz CT molecular complexity index is 396. The van der Waals surface area contributed by atoms with Gasteiger partial charge < -0.3 is 10.2 Å². The number of piperidine rings is 1. The van der Waals surface area contributed by atoms with Crippen LogP contribution in [0, 0.1) is 17.3 Å². The highest BCUT2D eigenvalue weighted by Gasteiger charge is 2.59. The predicted octanol–water partition coefficient (Wildman–Crippen LogP) is 2.95. The van der Waals surface area contributed by atoms with Gasteiger partial charge in [-0.3, -0.25) is 4.79 Å². The molecule has 118 valence electrons. The van der Waals surface area contributed by atoms with Crippen LogP contribution in [0.4, 0.5) is 0 Å². The smallest absolute Gasteiger partial charge is 0.226 e. The Balaban J connectivity index is 1.41. The molecular weight excluding hydrogens is 260 g/mol. The second-order valence-corrected chi connectivity index (χ2v) is 8.01. The van der Waals surface area contributed by atoms with Gasteiger partial charge >= 0.3 is 0 Å². The zero-order valence-electron chi connectivity index (χ0n) is 13.3. The van der Waals surface area contributed by atoms with Crippen molar-refractivity contribution in [3.05, 3.63) is 0 Å². The summed E-state index contributed by atoms with van der Waals surface area (Å²) in [4.78, 5) is 15.4. The first-order chi connectivity index (χ1) is 10.3. The Morgan fingerprint density at radius 1 is 1.00 bits per heavy atom. The molecule has 2 unspecified atom stereocenters. The summed E-state index contributed by atoms with van der Waals surface area (Å²) in [5.41, 5.74) is 0.405. The quantitative estimate of drug-likeness (QED) is 0.848. The maximum Gasteiger partial charge on any atom is 0.226 e. The van der Waals surface area contributed by atoms with E-state index in [2.05, 4.69) is 10.2 Å². The van der Waals surface area contributed by atoms with Crippen LogP contribution in [0.3, 0.4) is 0 Å². The molecule has 2 aliphatic heterocycles. The van der Waals surface area contributed by atoms with Crippen LogP contribution in [-0.2, 0) is 4.79 Å². The Hall–Kier alpha value is -0.570. The van der Waals surface area contributed by atoms with Crippen LogP contribution < -0.4 is 5.32 Å². The molecule has 4 aliphatic rings. The molecule has 1 spiro atoms. The Kier molecular flexibility index (Phi) is 3.72. The average molecular weight is 290 g/mol. The highest BCUT2D eigenvalue weighted by atomic mass is 16.2. The van der Waals surface area contributed by atoms with Gasteiger partial charge in [0.1, 0.15) is 0 Å². The molecule has 0 aromatic rings. The van der Waals surface area contributed by atoms with E-state index >= 15 is 0 Å². The summed E-state index contributed by atoms with van der Waals surface area (Å²) in [5, 5.41) is 3.44. The second-order valence-electron chi connectivity index (χ2n) is 8.01. The number of nitrogens with one attached hydrogen (secondary N) is 1. The largest absolute Gasteiger partial charge is 0.339 e. The van der Waals surface area contributed by atoms with Gasteiger partial charge in [0.15, 0.2) is 0 Å². The average Bonchev–Trinajstić information content (AvgIpc) is 3.01. The molecule has 2 saturated carbocycles. The number of rotatable bonds is 2. The van der Waals surface area contributed by atoms with Gasteiger partial charge in [0.05, 0.1) is 0 Å². The Morgan fingerprint density at radius 3 is 2.52 bits per heavy atom. The molecule has 2 aliphatic carbocycles. The molecule has 1 N–H and O–H groups in total. The van der Waals surface area contributed by atoms with Crippen LogP contribution in [0.25, 0.3) is 0 Å². The molecule has 0 bridgehead atoms. The van der Waals surface area contributed by atoms with E-state index in [1.807, 2.05) is 0 Å². The van der Waals surface area contributed by atoms with Crippen LogP contribution in [0.5, 0.6) is 0 Å². The minimum atomic E-state index is 0.379. The molecule has 2 atom stereocenters. The van der Waals surface area contributed by atoms with Gasteiger partial charge in [0.2, 0.25) is 5.91 Å². The molecule has 2 heterocycles. The fourth-order valence-electron chi connectivity index (χ4n) is 5.45. The fraction of sp³-hybridized carbons (Fsp3) is 0.944. The summed E-state index contributed by atoms with van der Waals surface area (Å²) >= 11 is 0. The van der Waals surface area contributed by atoms with Crippen molar-refractivity contribution in [1.29, 1.82) is 0 Å².